The highest BCUT2D eigenvalue weighted by Crippen LogP contribution is 2.26. The van der Waals surface area contributed by atoms with Gasteiger partial charge in [0.1, 0.15) is 11.7 Å². The van der Waals surface area contributed by atoms with Gasteiger partial charge in [-0.05, 0) is 37.1 Å². The number of carbonyl (C=O) groups is 1. The Bertz CT molecular complexity index is 796. The smallest absolute Gasteiger partial charge is 0.316 e. The first-order chi connectivity index (χ1) is 11.2. The van der Waals surface area contributed by atoms with Gasteiger partial charge in [0, 0.05) is 5.02 Å². The summed E-state index contributed by atoms with van der Waals surface area (Å²) in [5.74, 6) is -0.210. The molecule has 23 heavy (non-hydrogen) atoms. The predicted molar refractivity (Wildman–Crippen MR) is 90.6 cm³/mol. The number of aromatic amines is 1. The summed E-state index contributed by atoms with van der Waals surface area (Å²) in [7, 11) is 0. The molecule has 2 aromatic carbocycles. The Morgan fingerprint density at radius 1 is 1.22 bits per heavy atom. The second kappa shape index (κ2) is 6.84. The number of rotatable bonds is 5. The Labute approximate surface area is 139 Å². The van der Waals surface area contributed by atoms with Gasteiger partial charge in [-0.1, -0.05) is 41.9 Å². The van der Waals surface area contributed by atoms with Crippen LogP contribution < -0.4 is 0 Å². The van der Waals surface area contributed by atoms with Crippen LogP contribution in [0, 0.1) is 0 Å². The lowest BCUT2D eigenvalue weighted by Crippen LogP contribution is -2.19. The third kappa shape index (κ3) is 3.37. The summed E-state index contributed by atoms with van der Waals surface area (Å²) in [4.78, 5) is 20.2. The van der Waals surface area contributed by atoms with Crippen LogP contribution in [0.2, 0.25) is 5.02 Å². The van der Waals surface area contributed by atoms with Crippen LogP contribution in [0.3, 0.4) is 0 Å². The number of aromatic nitrogens is 2. The Morgan fingerprint density at radius 3 is 2.70 bits per heavy atom. The van der Waals surface area contributed by atoms with Crippen molar-refractivity contribution in [2.75, 3.05) is 6.61 Å². The van der Waals surface area contributed by atoms with E-state index in [0.29, 0.717) is 23.9 Å². The van der Waals surface area contributed by atoms with Crippen molar-refractivity contribution in [3.05, 3.63) is 64.9 Å². The van der Waals surface area contributed by atoms with Crippen molar-refractivity contribution in [1.82, 2.24) is 9.97 Å². The van der Waals surface area contributed by atoms with Crippen LogP contribution in [0.5, 0.6) is 0 Å². The van der Waals surface area contributed by atoms with Gasteiger partial charge in [-0.15, -0.1) is 0 Å². The summed E-state index contributed by atoms with van der Waals surface area (Å²) in [6, 6.07) is 15.2. The SMILES string of the molecule is CCOC(=O)[C@H](Cc1ccccc1Cl)c1nc2ccccc2[nH]1. The van der Waals surface area contributed by atoms with Crippen LogP contribution in [-0.4, -0.2) is 22.5 Å². The number of halogens is 1. The van der Waals surface area contributed by atoms with Crippen molar-refractivity contribution in [2.24, 2.45) is 0 Å². The first-order valence-electron chi connectivity index (χ1n) is 7.53. The molecule has 0 fully saturated rings. The van der Waals surface area contributed by atoms with Gasteiger partial charge in [-0.3, -0.25) is 4.79 Å². The molecule has 0 radical (unpaired) electrons. The zero-order valence-electron chi connectivity index (χ0n) is 12.8. The summed E-state index contributed by atoms with van der Waals surface area (Å²) >= 11 is 6.23. The second-order valence-electron chi connectivity index (χ2n) is 5.24. The first kappa shape index (κ1) is 15.6. The van der Waals surface area contributed by atoms with Gasteiger partial charge < -0.3 is 9.72 Å². The number of para-hydroxylation sites is 2. The number of esters is 1. The van der Waals surface area contributed by atoms with Crippen LogP contribution in [0.15, 0.2) is 48.5 Å². The molecule has 1 N–H and O–H groups in total. The molecule has 0 aliphatic carbocycles. The number of H-pyrrole nitrogens is 1. The van der Waals surface area contributed by atoms with E-state index in [4.69, 9.17) is 16.3 Å². The van der Waals surface area contributed by atoms with Crippen LogP contribution in [-0.2, 0) is 16.0 Å². The molecule has 0 saturated heterocycles. The van der Waals surface area contributed by atoms with E-state index < -0.39 is 5.92 Å². The molecule has 3 rings (SSSR count). The minimum absolute atomic E-state index is 0.300. The zero-order chi connectivity index (χ0) is 16.2. The maximum Gasteiger partial charge on any atom is 0.316 e. The molecule has 1 atom stereocenters. The third-order valence-electron chi connectivity index (χ3n) is 3.69. The molecule has 0 amide bonds. The summed E-state index contributed by atoms with van der Waals surface area (Å²) in [6.07, 6.45) is 0.443. The van der Waals surface area contributed by atoms with Crippen LogP contribution in [0.1, 0.15) is 24.2 Å². The van der Waals surface area contributed by atoms with Gasteiger partial charge in [0.25, 0.3) is 0 Å². The largest absolute Gasteiger partial charge is 0.465 e. The number of nitrogens with one attached hydrogen (secondary N) is 1. The van der Waals surface area contributed by atoms with E-state index >= 15 is 0 Å². The fourth-order valence-electron chi connectivity index (χ4n) is 2.56. The first-order valence-corrected chi connectivity index (χ1v) is 7.91. The number of nitrogens with zero attached hydrogens (tertiary/aromatic N) is 1. The van der Waals surface area contributed by atoms with Crippen molar-refractivity contribution in [3.8, 4) is 0 Å². The number of fused-ring (bicyclic) bond motifs is 1. The van der Waals surface area contributed by atoms with Crippen molar-refractivity contribution in [2.45, 2.75) is 19.3 Å². The second-order valence-corrected chi connectivity index (χ2v) is 5.65. The Morgan fingerprint density at radius 2 is 1.96 bits per heavy atom. The standard InChI is InChI=1S/C18H17ClN2O2/c1-2-23-18(22)13(11-12-7-3-4-8-14(12)19)17-20-15-9-5-6-10-16(15)21-17/h3-10,13H,2,11H2,1H3,(H,20,21)/t13-/m1/s1. The lowest BCUT2D eigenvalue weighted by atomic mass is 9.98. The molecule has 4 nitrogen and oxygen atoms in total. The quantitative estimate of drug-likeness (QED) is 0.717. The number of ether oxygens (including phenoxy) is 1. The molecule has 118 valence electrons. The Balaban J connectivity index is 1.98. The van der Waals surface area contributed by atoms with E-state index in [2.05, 4.69) is 9.97 Å². The molecule has 5 heteroatoms. The van der Waals surface area contributed by atoms with E-state index in [-0.39, 0.29) is 5.97 Å². The molecule has 0 bridgehead atoms. The lowest BCUT2D eigenvalue weighted by Gasteiger charge is -2.14. The van der Waals surface area contributed by atoms with Gasteiger partial charge in [-0.25, -0.2) is 4.98 Å². The number of hydrogen-bond donors (Lipinski definition) is 1. The van der Waals surface area contributed by atoms with Crippen molar-refractivity contribution in [1.29, 1.82) is 0 Å². The van der Waals surface area contributed by atoms with E-state index in [0.717, 1.165) is 16.6 Å². The van der Waals surface area contributed by atoms with E-state index in [1.807, 2.05) is 48.5 Å². The van der Waals surface area contributed by atoms with Crippen LogP contribution >= 0.6 is 11.6 Å². The molecule has 1 heterocycles. The molecule has 0 unspecified atom stereocenters. The summed E-state index contributed by atoms with van der Waals surface area (Å²) in [5, 5.41) is 0.637. The van der Waals surface area contributed by atoms with Gasteiger partial charge in [0.2, 0.25) is 0 Å². The summed E-state index contributed by atoms with van der Waals surface area (Å²) in [5.41, 5.74) is 2.62. The molecule has 0 spiro atoms. The van der Waals surface area contributed by atoms with Gasteiger partial charge in [-0.2, -0.15) is 0 Å². The van der Waals surface area contributed by atoms with Crippen molar-refractivity contribution >= 4 is 28.6 Å². The highest BCUT2D eigenvalue weighted by molar-refractivity contribution is 6.31. The average molecular weight is 329 g/mol. The minimum atomic E-state index is -0.512. The maximum absolute atomic E-state index is 12.4. The summed E-state index contributed by atoms with van der Waals surface area (Å²) in [6.45, 7) is 2.13. The summed E-state index contributed by atoms with van der Waals surface area (Å²) < 4.78 is 5.22. The number of benzene rings is 2. The fraction of sp³-hybridized carbons (Fsp3) is 0.222. The van der Waals surface area contributed by atoms with Crippen molar-refractivity contribution in [3.63, 3.8) is 0 Å². The molecular weight excluding hydrogens is 312 g/mol. The van der Waals surface area contributed by atoms with Gasteiger partial charge in [0.05, 0.1) is 17.6 Å². The highest BCUT2D eigenvalue weighted by atomic mass is 35.5. The maximum atomic E-state index is 12.4. The lowest BCUT2D eigenvalue weighted by molar-refractivity contribution is -0.145. The van der Waals surface area contributed by atoms with Gasteiger partial charge >= 0.3 is 5.97 Å². The normalized spacial score (nSPS) is 12.3. The predicted octanol–water partition coefficient (Wildman–Crippen LogP) is 4.11. The molecule has 3 aromatic rings. The highest BCUT2D eigenvalue weighted by Gasteiger charge is 2.26. The molecule has 0 aliphatic rings. The van der Waals surface area contributed by atoms with E-state index in [9.17, 15) is 4.79 Å². The fourth-order valence-corrected chi connectivity index (χ4v) is 2.77. The third-order valence-corrected chi connectivity index (χ3v) is 4.06. The molecule has 1 aromatic heterocycles. The minimum Gasteiger partial charge on any atom is -0.465 e. The Hall–Kier alpha value is -2.33. The van der Waals surface area contributed by atoms with E-state index in [1.165, 1.54) is 0 Å². The molecular formula is C18H17ClN2O2. The van der Waals surface area contributed by atoms with Gasteiger partial charge in [0.15, 0.2) is 0 Å². The Kier molecular flexibility index (Phi) is 4.63. The van der Waals surface area contributed by atoms with Crippen LogP contribution in [0.25, 0.3) is 11.0 Å². The topological polar surface area (TPSA) is 55.0 Å². The molecule has 0 aliphatic heterocycles. The average Bonchev–Trinajstić information content (AvgIpc) is 2.97. The number of hydrogen-bond acceptors (Lipinski definition) is 3. The molecule has 0 saturated carbocycles. The monoisotopic (exact) mass is 328 g/mol. The van der Waals surface area contributed by atoms with Crippen LogP contribution in [0.4, 0.5) is 0 Å². The number of imidazole rings is 1. The van der Waals surface area contributed by atoms with E-state index in [1.54, 1.807) is 6.92 Å². The van der Waals surface area contributed by atoms with Crippen molar-refractivity contribution < 1.29 is 9.53 Å². The zero-order valence-corrected chi connectivity index (χ0v) is 13.5. The number of carbonyl (C=O) groups excluding carboxylic acids is 1.